The first kappa shape index (κ1) is 18.4. The van der Waals surface area contributed by atoms with Crippen LogP contribution in [0.25, 0.3) is 5.69 Å². The molecule has 0 spiro atoms. The number of nitrogens with zero attached hydrogens (tertiary/aromatic N) is 3. The number of hydrogen-bond donors (Lipinski definition) is 2. The standard InChI is InChI=1S/C20H21N5O2S/c26-18(22-15-6-8-17(9-7-15)25-11-3-10-21-25)12-16-13-28-20(23-16)24-19(27)14-4-1-2-5-14/h3,6-11,13-14H,1-2,4-5,12H2,(H,22,26)(H,23,24,27). The minimum atomic E-state index is -0.147. The highest BCUT2D eigenvalue weighted by Crippen LogP contribution is 2.26. The molecule has 3 aromatic rings. The number of hydrogen-bond acceptors (Lipinski definition) is 5. The van der Waals surface area contributed by atoms with E-state index in [2.05, 4.69) is 20.7 Å². The first-order valence-corrected chi connectivity index (χ1v) is 10.2. The molecular weight excluding hydrogens is 374 g/mol. The summed E-state index contributed by atoms with van der Waals surface area (Å²) in [4.78, 5) is 28.8. The van der Waals surface area contributed by atoms with Crippen molar-refractivity contribution < 1.29 is 9.59 Å². The molecule has 2 aromatic heterocycles. The van der Waals surface area contributed by atoms with E-state index in [0.29, 0.717) is 16.5 Å². The van der Waals surface area contributed by atoms with E-state index in [4.69, 9.17) is 0 Å². The van der Waals surface area contributed by atoms with Crippen LogP contribution in [0.4, 0.5) is 10.8 Å². The maximum atomic E-state index is 12.3. The van der Waals surface area contributed by atoms with Crippen LogP contribution in [0.2, 0.25) is 0 Å². The zero-order chi connectivity index (χ0) is 19.3. The van der Waals surface area contributed by atoms with E-state index >= 15 is 0 Å². The topological polar surface area (TPSA) is 88.9 Å². The normalized spacial score (nSPS) is 14.1. The summed E-state index contributed by atoms with van der Waals surface area (Å²) in [6, 6.07) is 9.31. The molecule has 1 aliphatic rings. The Morgan fingerprint density at radius 2 is 1.93 bits per heavy atom. The molecule has 8 heteroatoms. The van der Waals surface area contributed by atoms with Crippen LogP contribution in [0.5, 0.6) is 0 Å². The van der Waals surface area contributed by atoms with Crippen molar-refractivity contribution in [3.05, 3.63) is 53.8 Å². The lowest BCUT2D eigenvalue weighted by atomic mass is 10.1. The van der Waals surface area contributed by atoms with Crippen molar-refractivity contribution in [2.24, 2.45) is 5.92 Å². The van der Waals surface area contributed by atoms with Gasteiger partial charge in [0.1, 0.15) is 0 Å². The van der Waals surface area contributed by atoms with Crippen LogP contribution in [0.3, 0.4) is 0 Å². The third kappa shape index (κ3) is 4.45. The molecule has 144 valence electrons. The van der Waals surface area contributed by atoms with Gasteiger partial charge in [-0.2, -0.15) is 5.10 Å². The summed E-state index contributed by atoms with van der Waals surface area (Å²) in [6.45, 7) is 0. The molecule has 0 unspecified atom stereocenters. The number of carbonyl (C=O) groups is 2. The zero-order valence-corrected chi connectivity index (χ0v) is 16.1. The summed E-state index contributed by atoms with van der Waals surface area (Å²) in [5.41, 5.74) is 2.29. The summed E-state index contributed by atoms with van der Waals surface area (Å²) < 4.78 is 1.75. The number of rotatable bonds is 6. The second-order valence-corrected chi connectivity index (χ2v) is 7.70. The van der Waals surface area contributed by atoms with Crippen molar-refractivity contribution in [1.82, 2.24) is 14.8 Å². The smallest absolute Gasteiger partial charge is 0.230 e. The van der Waals surface area contributed by atoms with Gasteiger partial charge in [-0.1, -0.05) is 12.8 Å². The fraction of sp³-hybridized carbons (Fsp3) is 0.300. The lowest BCUT2D eigenvalue weighted by Gasteiger charge is -2.07. The van der Waals surface area contributed by atoms with Crippen LogP contribution in [0.15, 0.2) is 48.1 Å². The molecule has 1 aromatic carbocycles. The van der Waals surface area contributed by atoms with E-state index in [-0.39, 0.29) is 24.2 Å². The van der Waals surface area contributed by atoms with Gasteiger partial charge in [0, 0.05) is 29.4 Å². The predicted octanol–water partition coefficient (Wildman–Crippen LogP) is 3.64. The number of carbonyl (C=O) groups excluding carboxylic acids is 2. The van der Waals surface area contributed by atoms with Gasteiger partial charge in [-0.3, -0.25) is 9.59 Å². The minimum absolute atomic E-state index is 0.0418. The summed E-state index contributed by atoms with van der Waals surface area (Å²) >= 11 is 1.35. The molecular formula is C20H21N5O2S. The largest absolute Gasteiger partial charge is 0.326 e. The van der Waals surface area contributed by atoms with Gasteiger partial charge in [0.2, 0.25) is 11.8 Å². The fourth-order valence-electron chi connectivity index (χ4n) is 3.33. The van der Waals surface area contributed by atoms with Crippen LogP contribution in [0, 0.1) is 5.92 Å². The van der Waals surface area contributed by atoms with Crippen molar-refractivity contribution in [2.75, 3.05) is 10.6 Å². The molecule has 0 atom stereocenters. The van der Waals surface area contributed by atoms with Crippen molar-refractivity contribution in [2.45, 2.75) is 32.1 Å². The Bertz CT molecular complexity index is 943. The van der Waals surface area contributed by atoms with E-state index in [9.17, 15) is 9.59 Å². The second kappa shape index (κ2) is 8.35. The van der Waals surface area contributed by atoms with Crippen LogP contribution in [-0.4, -0.2) is 26.6 Å². The second-order valence-electron chi connectivity index (χ2n) is 6.84. The van der Waals surface area contributed by atoms with Crippen molar-refractivity contribution in [3.8, 4) is 5.69 Å². The third-order valence-corrected chi connectivity index (χ3v) is 5.58. The van der Waals surface area contributed by atoms with Crippen LogP contribution in [-0.2, 0) is 16.0 Å². The molecule has 7 nitrogen and oxygen atoms in total. The monoisotopic (exact) mass is 395 g/mol. The Hall–Kier alpha value is -3.00. The molecule has 0 aliphatic heterocycles. The van der Waals surface area contributed by atoms with Crippen molar-refractivity contribution >= 4 is 34.0 Å². The van der Waals surface area contributed by atoms with E-state index in [1.54, 1.807) is 10.9 Å². The minimum Gasteiger partial charge on any atom is -0.326 e. The number of anilines is 2. The fourth-order valence-corrected chi connectivity index (χ4v) is 4.04. The molecule has 2 amide bonds. The van der Waals surface area contributed by atoms with Crippen molar-refractivity contribution in [1.29, 1.82) is 0 Å². The van der Waals surface area contributed by atoms with Gasteiger partial charge in [-0.25, -0.2) is 9.67 Å². The van der Waals surface area contributed by atoms with Gasteiger partial charge >= 0.3 is 0 Å². The Labute approximate surface area is 166 Å². The molecule has 0 bridgehead atoms. The van der Waals surface area contributed by atoms with Gasteiger partial charge in [0.25, 0.3) is 0 Å². The van der Waals surface area contributed by atoms with Crippen molar-refractivity contribution in [3.63, 3.8) is 0 Å². The van der Waals surface area contributed by atoms with E-state index in [1.807, 2.05) is 41.9 Å². The maximum absolute atomic E-state index is 12.3. The summed E-state index contributed by atoms with van der Waals surface area (Å²) in [6.07, 6.45) is 7.87. The zero-order valence-electron chi connectivity index (χ0n) is 15.3. The summed E-state index contributed by atoms with van der Waals surface area (Å²) in [5.74, 6) is -0.00806. The maximum Gasteiger partial charge on any atom is 0.230 e. The van der Waals surface area contributed by atoms with E-state index in [1.165, 1.54) is 11.3 Å². The average molecular weight is 395 g/mol. The summed E-state index contributed by atoms with van der Waals surface area (Å²) in [7, 11) is 0. The van der Waals surface area contributed by atoms with Gasteiger partial charge in [0.15, 0.2) is 5.13 Å². The van der Waals surface area contributed by atoms with E-state index in [0.717, 1.165) is 31.4 Å². The Balaban J connectivity index is 1.30. The molecule has 4 rings (SSSR count). The van der Waals surface area contributed by atoms with Crippen LogP contribution < -0.4 is 10.6 Å². The molecule has 2 N–H and O–H groups in total. The number of nitrogens with one attached hydrogen (secondary N) is 2. The summed E-state index contributed by atoms with van der Waals surface area (Å²) in [5, 5.41) is 12.3. The molecule has 0 saturated heterocycles. The highest BCUT2D eigenvalue weighted by molar-refractivity contribution is 7.13. The van der Waals surface area contributed by atoms with Crippen LogP contribution >= 0.6 is 11.3 Å². The first-order chi connectivity index (χ1) is 13.7. The number of amides is 2. The Morgan fingerprint density at radius 1 is 1.14 bits per heavy atom. The molecule has 1 saturated carbocycles. The Morgan fingerprint density at radius 3 is 2.64 bits per heavy atom. The third-order valence-electron chi connectivity index (χ3n) is 4.77. The van der Waals surface area contributed by atoms with Gasteiger partial charge < -0.3 is 10.6 Å². The first-order valence-electron chi connectivity index (χ1n) is 9.32. The molecule has 2 heterocycles. The SMILES string of the molecule is O=C(Cc1csc(NC(=O)C2CCCC2)n1)Nc1ccc(-n2cccn2)cc1. The van der Waals surface area contributed by atoms with Gasteiger partial charge in [-0.05, 0) is 43.2 Å². The number of aromatic nitrogens is 3. The average Bonchev–Trinajstić information content (AvgIpc) is 3.45. The lowest BCUT2D eigenvalue weighted by Crippen LogP contribution is -2.20. The number of thiazole rings is 1. The quantitative estimate of drug-likeness (QED) is 0.667. The highest BCUT2D eigenvalue weighted by atomic mass is 32.1. The highest BCUT2D eigenvalue weighted by Gasteiger charge is 2.23. The molecule has 1 aliphatic carbocycles. The number of benzene rings is 1. The molecule has 0 radical (unpaired) electrons. The van der Waals surface area contributed by atoms with Crippen LogP contribution in [0.1, 0.15) is 31.4 Å². The van der Waals surface area contributed by atoms with Gasteiger partial charge in [0.05, 0.1) is 17.8 Å². The molecule has 28 heavy (non-hydrogen) atoms. The molecule has 1 fully saturated rings. The van der Waals surface area contributed by atoms with E-state index < -0.39 is 0 Å². The lowest BCUT2D eigenvalue weighted by molar-refractivity contribution is -0.119. The van der Waals surface area contributed by atoms with Gasteiger partial charge in [-0.15, -0.1) is 11.3 Å². The predicted molar refractivity (Wildman–Crippen MR) is 109 cm³/mol. The Kier molecular flexibility index (Phi) is 5.48.